The summed E-state index contributed by atoms with van der Waals surface area (Å²) in [5.74, 6) is 0.236. The molecular formula is C30H44O2. The van der Waals surface area contributed by atoms with Crippen molar-refractivity contribution in [3.63, 3.8) is 0 Å². The van der Waals surface area contributed by atoms with Gasteiger partial charge in [-0.15, -0.1) is 0 Å². The normalized spacial score (nSPS) is 15.0. The SMILES string of the molecule is CC=CC(CCCCCCC)C(CCC)(OC)C(OC)(c1ccccc1)c1ccccc1. The summed E-state index contributed by atoms with van der Waals surface area (Å²) in [5, 5.41) is 0. The molecule has 2 nitrogen and oxygen atoms in total. The van der Waals surface area contributed by atoms with Gasteiger partial charge in [-0.05, 0) is 30.9 Å². The molecule has 0 heterocycles. The van der Waals surface area contributed by atoms with Crippen molar-refractivity contribution in [1.29, 1.82) is 0 Å². The van der Waals surface area contributed by atoms with Gasteiger partial charge in [-0.3, -0.25) is 0 Å². The highest BCUT2D eigenvalue weighted by atomic mass is 16.5. The molecule has 0 saturated heterocycles. The van der Waals surface area contributed by atoms with Crippen molar-refractivity contribution in [2.24, 2.45) is 5.92 Å². The van der Waals surface area contributed by atoms with Crippen LogP contribution in [0, 0.1) is 5.92 Å². The van der Waals surface area contributed by atoms with E-state index >= 15 is 0 Å². The topological polar surface area (TPSA) is 18.5 Å². The number of benzene rings is 2. The summed E-state index contributed by atoms with van der Waals surface area (Å²) >= 11 is 0. The van der Waals surface area contributed by atoms with Crippen molar-refractivity contribution in [3.05, 3.63) is 83.9 Å². The lowest BCUT2D eigenvalue weighted by molar-refractivity contribution is -0.196. The third-order valence-corrected chi connectivity index (χ3v) is 6.89. The van der Waals surface area contributed by atoms with Gasteiger partial charge < -0.3 is 9.47 Å². The number of rotatable bonds is 15. The Morgan fingerprint density at radius 3 is 1.75 bits per heavy atom. The molecule has 0 aliphatic carbocycles. The molecule has 0 radical (unpaired) electrons. The molecule has 32 heavy (non-hydrogen) atoms. The first kappa shape index (κ1) is 26.4. The number of ether oxygens (including phenoxy) is 2. The maximum atomic E-state index is 6.66. The van der Waals surface area contributed by atoms with Gasteiger partial charge in [-0.25, -0.2) is 0 Å². The zero-order valence-electron chi connectivity index (χ0n) is 21.0. The molecule has 0 amide bonds. The van der Waals surface area contributed by atoms with E-state index in [0.717, 1.165) is 30.4 Å². The minimum absolute atomic E-state index is 0.236. The molecular weight excluding hydrogens is 392 g/mol. The van der Waals surface area contributed by atoms with Crippen molar-refractivity contribution >= 4 is 0 Å². The van der Waals surface area contributed by atoms with Crippen LogP contribution in [0.5, 0.6) is 0 Å². The monoisotopic (exact) mass is 436 g/mol. The van der Waals surface area contributed by atoms with E-state index < -0.39 is 11.2 Å². The second kappa shape index (κ2) is 13.6. The number of hydrogen-bond acceptors (Lipinski definition) is 2. The smallest absolute Gasteiger partial charge is 0.147 e. The summed E-state index contributed by atoms with van der Waals surface area (Å²) in [6, 6.07) is 21.3. The van der Waals surface area contributed by atoms with Gasteiger partial charge >= 0.3 is 0 Å². The fraction of sp³-hybridized carbons (Fsp3) is 0.533. The van der Waals surface area contributed by atoms with Crippen LogP contribution in [0.15, 0.2) is 72.8 Å². The molecule has 0 spiro atoms. The fourth-order valence-corrected chi connectivity index (χ4v) is 5.49. The van der Waals surface area contributed by atoms with Crippen LogP contribution in [-0.2, 0) is 15.1 Å². The average molecular weight is 437 g/mol. The Kier molecular flexibility index (Phi) is 11.2. The summed E-state index contributed by atoms with van der Waals surface area (Å²) in [5.41, 5.74) is 1.04. The van der Waals surface area contributed by atoms with Crippen LogP contribution < -0.4 is 0 Å². The Morgan fingerprint density at radius 1 is 0.750 bits per heavy atom. The Hall–Kier alpha value is -1.90. The summed E-state index contributed by atoms with van der Waals surface area (Å²) in [4.78, 5) is 0. The quantitative estimate of drug-likeness (QED) is 0.206. The molecule has 0 fully saturated rings. The van der Waals surface area contributed by atoms with Crippen molar-refractivity contribution in [1.82, 2.24) is 0 Å². The molecule has 2 rings (SSSR count). The van der Waals surface area contributed by atoms with Crippen LogP contribution in [0.1, 0.15) is 83.3 Å². The minimum atomic E-state index is -0.714. The van der Waals surface area contributed by atoms with Crippen LogP contribution in [-0.4, -0.2) is 19.8 Å². The summed E-state index contributed by atoms with van der Waals surface area (Å²) in [6.45, 7) is 6.64. The van der Waals surface area contributed by atoms with Gasteiger partial charge in [0.25, 0.3) is 0 Å². The molecule has 0 N–H and O–H groups in total. The predicted molar refractivity (Wildman–Crippen MR) is 137 cm³/mol. The first-order valence-electron chi connectivity index (χ1n) is 12.5. The lowest BCUT2D eigenvalue weighted by Crippen LogP contribution is -2.59. The van der Waals surface area contributed by atoms with Crippen LogP contribution in [0.25, 0.3) is 0 Å². The lowest BCUT2D eigenvalue weighted by Gasteiger charge is -2.53. The average Bonchev–Trinajstić information content (AvgIpc) is 2.84. The van der Waals surface area contributed by atoms with Crippen molar-refractivity contribution < 1.29 is 9.47 Å². The number of unbranched alkanes of at least 4 members (excludes halogenated alkanes) is 4. The van der Waals surface area contributed by atoms with Gasteiger partial charge in [0, 0.05) is 20.1 Å². The maximum absolute atomic E-state index is 6.66. The second-order valence-corrected chi connectivity index (χ2v) is 8.80. The zero-order valence-corrected chi connectivity index (χ0v) is 21.0. The predicted octanol–water partition coefficient (Wildman–Crippen LogP) is 8.31. The molecule has 2 unspecified atom stereocenters. The Labute approximate surface area is 197 Å². The standard InChI is InChI=1S/C30H44O2/c1-6-9-10-11-14-20-26(19-7-2)29(31-4,25-8-3)30(32-5,27-21-15-12-16-22-27)28-23-17-13-18-24-28/h7,12-13,15-19,21-24,26H,6,8-11,14,20,25H2,1-5H3. The van der Waals surface area contributed by atoms with E-state index in [1.807, 2.05) is 14.2 Å². The van der Waals surface area contributed by atoms with Crippen LogP contribution in [0.2, 0.25) is 0 Å². The first-order valence-corrected chi connectivity index (χ1v) is 12.5. The highest BCUT2D eigenvalue weighted by Crippen LogP contribution is 2.52. The largest absolute Gasteiger partial charge is 0.374 e. The van der Waals surface area contributed by atoms with Crippen molar-refractivity contribution in [2.75, 3.05) is 14.2 Å². The summed E-state index contributed by atoms with van der Waals surface area (Å²) < 4.78 is 13.3. The minimum Gasteiger partial charge on any atom is -0.374 e. The number of allylic oxidation sites excluding steroid dienone is 1. The van der Waals surface area contributed by atoms with E-state index in [1.165, 1.54) is 32.1 Å². The summed E-state index contributed by atoms with van der Waals surface area (Å²) in [7, 11) is 3.72. The van der Waals surface area contributed by atoms with Gasteiger partial charge in [0.2, 0.25) is 0 Å². The van der Waals surface area contributed by atoms with Gasteiger partial charge in [-0.2, -0.15) is 0 Å². The third-order valence-electron chi connectivity index (χ3n) is 6.89. The molecule has 0 saturated carbocycles. The summed E-state index contributed by atoms with van der Waals surface area (Å²) in [6.07, 6.45) is 13.9. The molecule has 0 aromatic heterocycles. The lowest BCUT2D eigenvalue weighted by atomic mass is 9.63. The molecule has 176 valence electrons. The highest BCUT2D eigenvalue weighted by Gasteiger charge is 2.57. The molecule has 2 heteroatoms. The van der Waals surface area contributed by atoms with Crippen LogP contribution >= 0.6 is 0 Å². The van der Waals surface area contributed by atoms with Gasteiger partial charge in [0.05, 0.1) is 0 Å². The van der Waals surface area contributed by atoms with Crippen LogP contribution in [0.4, 0.5) is 0 Å². The van der Waals surface area contributed by atoms with Gasteiger partial charge in [-0.1, -0.05) is 125 Å². The van der Waals surface area contributed by atoms with Crippen LogP contribution in [0.3, 0.4) is 0 Å². The van der Waals surface area contributed by atoms with E-state index in [2.05, 4.69) is 93.6 Å². The molecule has 2 aromatic rings. The van der Waals surface area contributed by atoms with E-state index in [9.17, 15) is 0 Å². The number of hydrogen-bond donors (Lipinski definition) is 0. The van der Waals surface area contributed by atoms with Gasteiger partial charge in [0.15, 0.2) is 0 Å². The highest BCUT2D eigenvalue weighted by molar-refractivity contribution is 5.42. The molecule has 0 aliphatic heterocycles. The Balaban J connectivity index is 2.68. The second-order valence-electron chi connectivity index (χ2n) is 8.80. The molecule has 0 bridgehead atoms. The van der Waals surface area contributed by atoms with E-state index in [0.29, 0.717) is 0 Å². The zero-order chi connectivity index (χ0) is 23.3. The first-order chi connectivity index (χ1) is 15.7. The fourth-order valence-electron chi connectivity index (χ4n) is 5.49. The third kappa shape index (κ3) is 5.53. The number of methoxy groups -OCH3 is 2. The molecule has 2 aromatic carbocycles. The molecule has 2 atom stereocenters. The van der Waals surface area contributed by atoms with Gasteiger partial charge in [0.1, 0.15) is 11.2 Å². The maximum Gasteiger partial charge on any atom is 0.147 e. The van der Waals surface area contributed by atoms with Crippen molar-refractivity contribution in [2.45, 2.75) is 83.3 Å². The Morgan fingerprint density at radius 2 is 1.31 bits per heavy atom. The molecule has 0 aliphatic rings. The Bertz CT molecular complexity index is 728. The van der Waals surface area contributed by atoms with E-state index in [-0.39, 0.29) is 5.92 Å². The van der Waals surface area contributed by atoms with E-state index in [4.69, 9.17) is 9.47 Å². The van der Waals surface area contributed by atoms with E-state index in [1.54, 1.807) is 0 Å². The van der Waals surface area contributed by atoms with Crippen molar-refractivity contribution in [3.8, 4) is 0 Å².